The average molecular weight is 246 g/mol. The Morgan fingerprint density at radius 3 is 2.28 bits per heavy atom. The highest BCUT2D eigenvalue weighted by molar-refractivity contribution is 5.25. The van der Waals surface area contributed by atoms with Crippen LogP contribution in [0.15, 0.2) is 24.3 Å². The van der Waals surface area contributed by atoms with Crippen LogP contribution >= 0.6 is 0 Å². The van der Waals surface area contributed by atoms with Crippen molar-refractivity contribution in [2.75, 3.05) is 0 Å². The molecule has 0 aliphatic carbocycles. The highest BCUT2D eigenvalue weighted by Crippen LogP contribution is 2.36. The summed E-state index contributed by atoms with van der Waals surface area (Å²) in [5.74, 6) is 0.669. The zero-order valence-electron chi connectivity index (χ0n) is 12.0. The Morgan fingerprint density at radius 1 is 1.06 bits per heavy atom. The third kappa shape index (κ3) is 3.35. The Kier molecular flexibility index (Phi) is 4.82. The van der Waals surface area contributed by atoms with E-state index in [4.69, 9.17) is 4.74 Å². The zero-order chi connectivity index (χ0) is 13.0. The predicted octanol–water partition coefficient (Wildman–Crippen LogP) is 4.70. The molecule has 2 rings (SSSR count). The molecule has 1 fully saturated rings. The Morgan fingerprint density at radius 2 is 1.78 bits per heavy atom. The topological polar surface area (TPSA) is 12.5 Å². The van der Waals surface area contributed by atoms with Crippen molar-refractivity contribution >= 4 is 0 Å². The van der Waals surface area contributed by atoms with Crippen LogP contribution in [0.2, 0.25) is 0 Å². The summed E-state index contributed by atoms with van der Waals surface area (Å²) in [5.41, 5.74) is 2.95. The molecule has 100 valence electrons. The highest BCUT2D eigenvalue weighted by atomic mass is 16.6. The molecule has 3 atom stereocenters. The molecule has 1 aliphatic heterocycles. The van der Waals surface area contributed by atoms with E-state index >= 15 is 0 Å². The lowest BCUT2D eigenvalue weighted by molar-refractivity contribution is 0.349. The van der Waals surface area contributed by atoms with E-state index in [2.05, 4.69) is 45.0 Å². The summed E-state index contributed by atoms with van der Waals surface area (Å²) in [6.45, 7) is 6.73. The third-order valence-corrected chi connectivity index (χ3v) is 4.09. The van der Waals surface area contributed by atoms with E-state index in [1.54, 1.807) is 0 Å². The summed E-state index contributed by atoms with van der Waals surface area (Å²) in [5, 5.41) is 0. The van der Waals surface area contributed by atoms with E-state index in [1.165, 1.54) is 36.8 Å². The molecule has 1 heteroatoms. The van der Waals surface area contributed by atoms with Crippen molar-refractivity contribution in [3.05, 3.63) is 35.4 Å². The fraction of sp³-hybridized carbons (Fsp3) is 0.647. The molecule has 3 unspecified atom stereocenters. The second kappa shape index (κ2) is 6.38. The van der Waals surface area contributed by atoms with Gasteiger partial charge in [0, 0.05) is 0 Å². The Hall–Kier alpha value is -0.820. The summed E-state index contributed by atoms with van der Waals surface area (Å²) in [6.07, 6.45) is 7.06. The standard InChI is InChI=1S/C17H26O/c1-4-7-13-8-10-15(11-9-13)14(5-2)12-17-16(6-3)18-17/h8-11,14,16-17H,4-7,12H2,1-3H3. The van der Waals surface area contributed by atoms with Gasteiger partial charge in [-0.3, -0.25) is 0 Å². The fourth-order valence-corrected chi connectivity index (χ4v) is 2.81. The maximum absolute atomic E-state index is 5.68. The predicted molar refractivity (Wildman–Crippen MR) is 77.0 cm³/mol. The van der Waals surface area contributed by atoms with Gasteiger partial charge >= 0.3 is 0 Å². The number of aryl methyl sites for hydroxylation is 1. The van der Waals surface area contributed by atoms with E-state index in [9.17, 15) is 0 Å². The van der Waals surface area contributed by atoms with E-state index in [-0.39, 0.29) is 0 Å². The van der Waals surface area contributed by atoms with Crippen LogP contribution < -0.4 is 0 Å². The summed E-state index contributed by atoms with van der Waals surface area (Å²) >= 11 is 0. The van der Waals surface area contributed by atoms with Crippen molar-refractivity contribution in [1.82, 2.24) is 0 Å². The summed E-state index contributed by atoms with van der Waals surface area (Å²) < 4.78 is 5.68. The SMILES string of the molecule is CCCc1ccc(C(CC)CC2OC2CC)cc1. The molecule has 0 amide bonds. The van der Waals surface area contributed by atoms with Crippen molar-refractivity contribution in [2.24, 2.45) is 0 Å². The number of ether oxygens (including phenoxy) is 1. The van der Waals surface area contributed by atoms with Crippen LogP contribution in [-0.4, -0.2) is 12.2 Å². The van der Waals surface area contributed by atoms with Gasteiger partial charge in [0.05, 0.1) is 12.2 Å². The van der Waals surface area contributed by atoms with Crippen molar-refractivity contribution in [3.63, 3.8) is 0 Å². The first-order valence-corrected chi connectivity index (χ1v) is 7.52. The number of rotatable bonds is 7. The lowest BCUT2D eigenvalue weighted by atomic mass is 9.90. The molecule has 0 aromatic heterocycles. The third-order valence-electron chi connectivity index (χ3n) is 4.09. The molecule has 0 radical (unpaired) electrons. The van der Waals surface area contributed by atoms with Gasteiger partial charge in [-0.1, -0.05) is 51.5 Å². The first-order chi connectivity index (χ1) is 8.78. The van der Waals surface area contributed by atoms with Gasteiger partial charge in [-0.2, -0.15) is 0 Å². The largest absolute Gasteiger partial charge is 0.370 e. The van der Waals surface area contributed by atoms with Crippen molar-refractivity contribution in [3.8, 4) is 0 Å². The summed E-state index contributed by atoms with van der Waals surface area (Å²) in [7, 11) is 0. The van der Waals surface area contributed by atoms with Crippen LogP contribution in [0.5, 0.6) is 0 Å². The minimum Gasteiger partial charge on any atom is -0.370 e. The number of epoxide rings is 1. The zero-order valence-corrected chi connectivity index (χ0v) is 12.0. The van der Waals surface area contributed by atoms with E-state index in [1.807, 2.05) is 0 Å². The molecule has 18 heavy (non-hydrogen) atoms. The van der Waals surface area contributed by atoms with Gasteiger partial charge in [-0.05, 0) is 42.7 Å². The molecule has 0 bridgehead atoms. The van der Waals surface area contributed by atoms with Gasteiger partial charge in [0.1, 0.15) is 0 Å². The molecule has 1 aromatic rings. The van der Waals surface area contributed by atoms with Crippen molar-refractivity contribution in [2.45, 2.75) is 71.0 Å². The Balaban J connectivity index is 1.94. The molecule has 0 saturated carbocycles. The second-order valence-corrected chi connectivity index (χ2v) is 5.45. The number of hydrogen-bond donors (Lipinski definition) is 0. The average Bonchev–Trinajstić information content (AvgIpc) is 3.16. The minimum atomic E-state index is 0.523. The molecule has 1 aliphatic rings. The maximum atomic E-state index is 5.68. The summed E-state index contributed by atoms with van der Waals surface area (Å²) in [4.78, 5) is 0. The van der Waals surface area contributed by atoms with Crippen molar-refractivity contribution < 1.29 is 4.74 Å². The summed E-state index contributed by atoms with van der Waals surface area (Å²) in [6, 6.07) is 9.24. The Labute approximate surface area is 112 Å². The fourth-order valence-electron chi connectivity index (χ4n) is 2.81. The minimum absolute atomic E-state index is 0.523. The highest BCUT2D eigenvalue weighted by Gasteiger charge is 2.38. The second-order valence-electron chi connectivity index (χ2n) is 5.45. The maximum Gasteiger partial charge on any atom is 0.0847 e. The first-order valence-electron chi connectivity index (χ1n) is 7.52. The normalized spacial score (nSPS) is 23.9. The molecule has 0 spiro atoms. The monoisotopic (exact) mass is 246 g/mol. The molecule has 0 N–H and O–H groups in total. The van der Waals surface area contributed by atoms with Crippen molar-refractivity contribution in [1.29, 1.82) is 0 Å². The van der Waals surface area contributed by atoms with E-state index < -0.39 is 0 Å². The lowest BCUT2D eigenvalue weighted by Gasteiger charge is -2.14. The molecule has 1 aromatic carbocycles. The smallest absolute Gasteiger partial charge is 0.0847 e. The molecular weight excluding hydrogens is 220 g/mol. The molecule has 1 heterocycles. The van der Waals surface area contributed by atoms with Gasteiger partial charge in [-0.25, -0.2) is 0 Å². The van der Waals surface area contributed by atoms with Crippen LogP contribution in [-0.2, 0) is 11.2 Å². The lowest BCUT2D eigenvalue weighted by Crippen LogP contribution is -2.04. The van der Waals surface area contributed by atoms with Gasteiger partial charge in [-0.15, -0.1) is 0 Å². The van der Waals surface area contributed by atoms with Crippen LogP contribution in [0.4, 0.5) is 0 Å². The number of hydrogen-bond acceptors (Lipinski definition) is 1. The molecular formula is C17H26O. The first kappa shape index (κ1) is 13.6. The van der Waals surface area contributed by atoms with E-state index in [0.717, 1.165) is 6.42 Å². The van der Waals surface area contributed by atoms with Crippen LogP contribution in [0, 0.1) is 0 Å². The quantitative estimate of drug-likeness (QED) is 0.635. The molecule has 1 nitrogen and oxygen atoms in total. The Bertz CT molecular complexity index is 354. The van der Waals surface area contributed by atoms with Gasteiger partial charge in [0.25, 0.3) is 0 Å². The van der Waals surface area contributed by atoms with Gasteiger partial charge in [0.2, 0.25) is 0 Å². The van der Waals surface area contributed by atoms with Crippen LogP contribution in [0.25, 0.3) is 0 Å². The van der Waals surface area contributed by atoms with Crippen LogP contribution in [0.1, 0.15) is 63.5 Å². The molecule has 1 saturated heterocycles. The van der Waals surface area contributed by atoms with Gasteiger partial charge in [0.15, 0.2) is 0 Å². The number of benzene rings is 1. The van der Waals surface area contributed by atoms with Crippen LogP contribution in [0.3, 0.4) is 0 Å². The van der Waals surface area contributed by atoms with E-state index in [0.29, 0.717) is 18.1 Å². The van der Waals surface area contributed by atoms with Gasteiger partial charge < -0.3 is 4.74 Å².